The number of allylic oxidation sites excluding steroid dienone is 2. The van der Waals surface area contributed by atoms with Crippen molar-refractivity contribution in [3.8, 4) is 0 Å². The molecule has 1 N–H and O–H groups in total. The molecule has 1 aliphatic carbocycles. The van der Waals surface area contributed by atoms with Gasteiger partial charge in [0.15, 0.2) is 0 Å². The maximum absolute atomic E-state index is 11.9. The van der Waals surface area contributed by atoms with Crippen LogP contribution in [0.25, 0.3) is 0 Å². The highest BCUT2D eigenvalue weighted by molar-refractivity contribution is 5.91. The Hall–Kier alpha value is -1.88. The molecule has 2 aliphatic rings. The molecule has 132 valence electrons. The van der Waals surface area contributed by atoms with E-state index in [1.54, 1.807) is 19.9 Å². The normalized spacial score (nSPS) is 32.3. The van der Waals surface area contributed by atoms with Crippen molar-refractivity contribution in [3.63, 3.8) is 0 Å². The topological polar surface area (TPSA) is 72.8 Å². The van der Waals surface area contributed by atoms with Gasteiger partial charge in [0, 0.05) is 12.0 Å². The SMILES string of the molecule is C=C1C(=O)O[C@@H]2C/C(COC(=O)C(C)C)=C\CC/C(C)=C/[C@@H](O)[C@H]12. The summed E-state index contributed by atoms with van der Waals surface area (Å²) in [5.41, 5.74) is 2.25. The summed E-state index contributed by atoms with van der Waals surface area (Å²) in [6, 6.07) is 0. The fourth-order valence-corrected chi connectivity index (χ4v) is 3.01. The molecule has 1 fully saturated rings. The predicted octanol–water partition coefficient (Wildman–Crippen LogP) is 2.70. The zero-order valence-electron chi connectivity index (χ0n) is 14.6. The molecule has 5 nitrogen and oxygen atoms in total. The number of rotatable bonds is 3. The van der Waals surface area contributed by atoms with Crippen molar-refractivity contribution in [2.45, 2.75) is 52.2 Å². The first-order chi connectivity index (χ1) is 11.3. The Kier molecular flexibility index (Phi) is 5.99. The van der Waals surface area contributed by atoms with Crippen LogP contribution < -0.4 is 0 Å². The summed E-state index contributed by atoms with van der Waals surface area (Å²) in [4.78, 5) is 23.6. The number of ether oxygens (including phenoxy) is 2. The van der Waals surface area contributed by atoms with Gasteiger partial charge in [-0.25, -0.2) is 4.79 Å². The van der Waals surface area contributed by atoms with E-state index in [4.69, 9.17) is 9.47 Å². The molecule has 0 spiro atoms. The van der Waals surface area contributed by atoms with Gasteiger partial charge in [-0.05, 0) is 25.3 Å². The number of esters is 2. The number of hydrogen-bond acceptors (Lipinski definition) is 5. The number of carbonyl (C=O) groups is 2. The van der Waals surface area contributed by atoms with Crippen molar-refractivity contribution < 1.29 is 24.2 Å². The van der Waals surface area contributed by atoms with E-state index < -0.39 is 24.1 Å². The standard InChI is InChI=1S/C19H26O5/c1-11(2)18(21)23-10-14-7-5-6-12(3)8-15(20)17-13(4)19(22)24-16(17)9-14/h7-8,11,15-17,20H,4-6,9-10H2,1-3H3/b12-8+,14-7+/t15-,16-,17+/m1/s1. The van der Waals surface area contributed by atoms with E-state index in [1.807, 2.05) is 13.0 Å². The molecule has 1 saturated heterocycles. The first-order valence-electron chi connectivity index (χ1n) is 8.39. The van der Waals surface area contributed by atoms with Crippen LogP contribution in [0, 0.1) is 11.8 Å². The average Bonchev–Trinajstić information content (AvgIpc) is 2.78. The fourth-order valence-electron chi connectivity index (χ4n) is 3.01. The predicted molar refractivity (Wildman–Crippen MR) is 90.0 cm³/mol. The first-order valence-corrected chi connectivity index (χ1v) is 8.39. The molecule has 1 aliphatic heterocycles. The fraction of sp³-hybridized carbons (Fsp3) is 0.579. The van der Waals surface area contributed by atoms with Gasteiger partial charge in [0.25, 0.3) is 0 Å². The highest BCUT2D eigenvalue weighted by Gasteiger charge is 2.42. The summed E-state index contributed by atoms with van der Waals surface area (Å²) in [7, 11) is 0. The Morgan fingerprint density at radius 3 is 2.88 bits per heavy atom. The second-order valence-corrected chi connectivity index (χ2v) is 6.87. The Labute approximate surface area is 143 Å². The molecular weight excluding hydrogens is 308 g/mol. The lowest BCUT2D eigenvalue weighted by Crippen LogP contribution is -2.29. The second kappa shape index (κ2) is 7.79. The van der Waals surface area contributed by atoms with E-state index in [0.717, 1.165) is 24.0 Å². The third-order valence-corrected chi connectivity index (χ3v) is 4.45. The number of aliphatic hydroxyl groups excluding tert-OH is 1. The van der Waals surface area contributed by atoms with Gasteiger partial charge >= 0.3 is 11.9 Å². The van der Waals surface area contributed by atoms with Crippen LogP contribution in [0.15, 0.2) is 35.5 Å². The van der Waals surface area contributed by atoms with E-state index >= 15 is 0 Å². The minimum Gasteiger partial charge on any atom is -0.461 e. The van der Waals surface area contributed by atoms with Crippen molar-refractivity contribution in [2.24, 2.45) is 11.8 Å². The minimum absolute atomic E-state index is 0.184. The van der Waals surface area contributed by atoms with Crippen LogP contribution in [-0.2, 0) is 19.1 Å². The average molecular weight is 334 g/mol. The smallest absolute Gasteiger partial charge is 0.334 e. The third kappa shape index (κ3) is 4.35. The summed E-state index contributed by atoms with van der Waals surface area (Å²) in [5, 5.41) is 10.5. The molecule has 2 rings (SSSR count). The lowest BCUT2D eigenvalue weighted by molar-refractivity contribution is -0.147. The minimum atomic E-state index is -0.800. The van der Waals surface area contributed by atoms with Crippen LogP contribution >= 0.6 is 0 Å². The molecule has 0 amide bonds. The summed E-state index contributed by atoms with van der Waals surface area (Å²) in [5.74, 6) is -1.37. The number of fused-ring (bicyclic) bond motifs is 1. The highest BCUT2D eigenvalue weighted by atomic mass is 16.6. The van der Waals surface area contributed by atoms with Crippen LogP contribution in [0.3, 0.4) is 0 Å². The van der Waals surface area contributed by atoms with Crippen molar-refractivity contribution >= 4 is 11.9 Å². The quantitative estimate of drug-likeness (QED) is 0.488. The van der Waals surface area contributed by atoms with Crippen LogP contribution in [0.1, 0.15) is 40.0 Å². The Bertz CT molecular complexity index is 585. The van der Waals surface area contributed by atoms with Gasteiger partial charge in [-0.3, -0.25) is 4.79 Å². The van der Waals surface area contributed by atoms with Crippen LogP contribution in [0.5, 0.6) is 0 Å². The largest absolute Gasteiger partial charge is 0.461 e. The molecule has 0 aromatic rings. The van der Waals surface area contributed by atoms with Gasteiger partial charge < -0.3 is 14.6 Å². The molecule has 3 atom stereocenters. The summed E-state index contributed by atoms with van der Waals surface area (Å²) in [6.45, 7) is 9.48. The lowest BCUT2D eigenvalue weighted by atomic mass is 9.85. The maximum atomic E-state index is 11.9. The van der Waals surface area contributed by atoms with Gasteiger partial charge in [-0.2, -0.15) is 0 Å². The number of hydrogen-bond donors (Lipinski definition) is 1. The Balaban J connectivity index is 2.19. The van der Waals surface area contributed by atoms with Crippen molar-refractivity contribution in [1.29, 1.82) is 0 Å². The summed E-state index contributed by atoms with van der Waals surface area (Å²) >= 11 is 0. The lowest BCUT2D eigenvalue weighted by Gasteiger charge is -2.24. The molecule has 0 bridgehead atoms. The van der Waals surface area contributed by atoms with E-state index in [2.05, 4.69) is 6.58 Å². The van der Waals surface area contributed by atoms with Gasteiger partial charge in [0.05, 0.1) is 17.9 Å². The van der Waals surface area contributed by atoms with E-state index in [9.17, 15) is 14.7 Å². The van der Waals surface area contributed by atoms with Gasteiger partial charge in [0.2, 0.25) is 0 Å². The summed E-state index contributed by atoms with van der Waals surface area (Å²) in [6.07, 6.45) is 4.56. The van der Waals surface area contributed by atoms with Crippen LogP contribution in [0.2, 0.25) is 0 Å². The molecule has 24 heavy (non-hydrogen) atoms. The van der Waals surface area contributed by atoms with E-state index in [0.29, 0.717) is 12.0 Å². The Morgan fingerprint density at radius 2 is 2.21 bits per heavy atom. The van der Waals surface area contributed by atoms with Crippen molar-refractivity contribution in [1.82, 2.24) is 0 Å². The van der Waals surface area contributed by atoms with Gasteiger partial charge in [-0.15, -0.1) is 0 Å². The second-order valence-electron chi connectivity index (χ2n) is 6.87. The molecule has 5 heteroatoms. The first kappa shape index (κ1) is 18.5. The highest BCUT2D eigenvalue weighted by Crippen LogP contribution is 2.35. The van der Waals surface area contributed by atoms with Gasteiger partial charge in [-0.1, -0.05) is 38.2 Å². The van der Waals surface area contributed by atoms with Crippen LogP contribution in [-0.4, -0.2) is 35.9 Å². The molecule has 0 aromatic carbocycles. The van der Waals surface area contributed by atoms with Crippen molar-refractivity contribution in [2.75, 3.05) is 6.61 Å². The summed E-state index contributed by atoms with van der Waals surface area (Å²) < 4.78 is 10.7. The monoisotopic (exact) mass is 334 g/mol. The van der Waals surface area contributed by atoms with Crippen molar-refractivity contribution in [3.05, 3.63) is 35.5 Å². The van der Waals surface area contributed by atoms with E-state index in [-0.39, 0.29) is 18.5 Å². The third-order valence-electron chi connectivity index (χ3n) is 4.45. The molecule has 1 heterocycles. The molecule has 0 saturated carbocycles. The molecule has 0 radical (unpaired) electrons. The number of aliphatic hydroxyl groups is 1. The zero-order chi connectivity index (χ0) is 17.9. The van der Waals surface area contributed by atoms with Gasteiger partial charge in [0.1, 0.15) is 12.7 Å². The molecule has 0 aromatic heterocycles. The number of carbonyl (C=O) groups excluding carboxylic acids is 2. The van der Waals surface area contributed by atoms with E-state index in [1.165, 1.54) is 0 Å². The molecule has 0 unspecified atom stereocenters. The molecular formula is C19H26O5. The maximum Gasteiger partial charge on any atom is 0.334 e. The van der Waals surface area contributed by atoms with Crippen LogP contribution in [0.4, 0.5) is 0 Å². The Morgan fingerprint density at radius 1 is 1.50 bits per heavy atom. The zero-order valence-corrected chi connectivity index (χ0v) is 14.6.